The number of nitrogens with zero attached hydrogens (tertiary/aromatic N) is 2. The Morgan fingerprint density at radius 1 is 1.00 bits per heavy atom. The first-order valence-electron chi connectivity index (χ1n) is 13.8. The molecule has 6 rings (SSSR count). The Labute approximate surface area is 233 Å². The van der Waals surface area contributed by atoms with E-state index in [4.69, 9.17) is 0 Å². The van der Waals surface area contributed by atoms with Gasteiger partial charge >= 0.3 is 0 Å². The summed E-state index contributed by atoms with van der Waals surface area (Å²) in [7, 11) is 0. The zero-order valence-corrected chi connectivity index (χ0v) is 23.3. The van der Waals surface area contributed by atoms with Gasteiger partial charge in [-0.1, -0.05) is 80.1 Å². The number of hydrogen-bond acceptors (Lipinski definition) is 3. The molecule has 1 saturated heterocycles. The van der Waals surface area contributed by atoms with Crippen LogP contribution in [0.2, 0.25) is 0 Å². The van der Waals surface area contributed by atoms with Gasteiger partial charge in [0.25, 0.3) is 5.91 Å². The van der Waals surface area contributed by atoms with Crippen LogP contribution >= 0.6 is 11.8 Å². The molecule has 2 heterocycles. The fraction of sp³-hybridized carbons (Fsp3) is 0.303. The first-order chi connectivity index (χ1) is 19.0. The molecule has 0 bridgehead atoms. The molecule has 0 spiro atoms. The van der Waals surface area contributed by atoms with Gasteiger partial charge in [-0.25, -0.2) is 4.39 Å². The molecule has 1 aliphatic heterocycles. The number of rotatable bonds is 6. The lowest BCUT2D eigenvalue weighted by Gasteiger charge is -2.39. The Morgan fingerprint density at radius 3 is 2.56 bits per heavy atom. The quantitative estimate of drug-likeness (QED) is 0.252. The predicted molar refractivity (Wildman–Crippen MR) is 160 cm³/mol. The molecule has 3 atom stereocenters. The highest BCUT2D eigenvalue weighted by atomic mass is 32.2. The molecule has 3 aromatic carbocycles. The van der Waals surface area contributed by atoms with E-state index < -0.39 is 0 Å². The molecule has 1 aliphatic carbocycles. The summed E-state index contributed by atoms with van der Waals surface area (Å²) in [6.07, 6.45) is 6.67. The fourth-order valence-electron chi connectivity index (χ4n) is 6.16. The van der Waals surface area contributed by atoms with E-state index in [0.29, 0.717) is 12.5 Å². The van der Waals surface area contributed by atoms with Gasteiger partial charge in [-0.2, -0.15) is 0 Å². The van der Waals surface area contributed by atoms with Gasteiger partial charge in [-0.3, -0.25) is 4.79 Å². The van der Waals surface area contributed by atoms with Crippen molar-refractivity contribution in [2.75, 3.05) is 5.32 Å². The van der Waals surface area contributed by atoms with Gasteiger partial charge in [0.05, 0.1) is 4.91 Å². The van der Waals surface area contributed by atoms with Gasteiger partial charge in [0.1, 0.15) is 5.82 Å². The van der Waals surface area contributed by atoms with Gasteiger partial charge in [0, 0.05) is 40.4 Å². The van der Waals surface area contributed by atoms with Gasteiger partial charge in [-0.15, -0.1) is 0 Å². The van der Waals surface area contributed by atoms with E-state index in [1.807, 2.05) is 36.4 Å². The number of fused-ring (bicyclic) bond motifs is 1. The standard InChI is InChI=1S/C33H34FN3OS/c1-22-11-6-8-17-29(22)37-32(38)31(39-33(37)35-26-14-4-3-5-15-26)20-28-23(2)36(30-18-9-7-16-27(28)30)21-24-12-10-13-25(34)19-24/h3-5,7,9-10,12-16,18-20,22,29,33,35H,6,8,11,17,21H2,1-2H3/b31-20-/t22-,29-,33?/m0/s1. The predicted octanol–water partition coefficient (Wildman–Crippen LogP) is 8.03. The van der Waals surface area contributed by atoms with Crippen LogP contribution in [-0.4, -0.2) is 26.9 Å². The fourth-order valence-corrected chi connectivity index (χ4v) is 7.35. The molecule has 0 radical (unpaired) electrons. The van der Waals surface area contributed by atoms with Gasteiger partial charge in [0.2, 0.25) is 0 Å². The lowest BCUT2D eigenvalue weighted by Crippen LogP contribution is -2.48. The van der Waals surface area contributed by atoms with Crippen LogP contribution in [0, 0.1) is 18.7 Å². The summed E-state index contributed by atoms with van der Waals surface area (Å²) in [6, 6.07) is 25.4. The van der Waals surface area contributed by atoms with Crippen molar-refractivity contribution in [3.05, 3.63) is 106 Å². The zero-order valence-electron chi connectivity index (χ0n) is 22.4. The van der Waals surface area contributed by atoms with Crippen LogP contribution < -0.4 is 5.32 Å². The Morgan fingerprint density at radius 2 is 1.77 bits per heavy atom. The number of aromatic nitrogens is 1. The third-order valence-electron chi connectivity index (χ3n) is 8.21. The van der Waals surface area contributed by atoms with E-state index in [2.05, 4.69) is 59.0 Å². The van der Waals surface area contributed by atoms with E-state index in [9.17, 15) is 9.18 Å². The molecular formula is C33H34FN3OS. The number of halogens is 1. The minimum atomic E-state index is -0.231. The van der Waals surface area contributed by atoms with Crippen LogP contribution in [0.1, 0.15) is 49.4 Å². The molecule has 1 aromatic heterocycles. The van der Waals surface area contributed by atoms with Crippen LogP contribution in [0.15, 0.2) is 83.8 Å². The third kappa shape index (κ3) is 5.10. The summed E-state index contributed by atoms with van der Waals surface area (Å²) >= 11 is 1.61. The van der Waals surface area contributed by atoms with Crippen LogP contribution in [0.25, 0.3) is 17.0 Å². The maximum Gasteiger partial charge on any atom is 0.262 e. The second kappa shape index (κ2) is 10.9. The number of para-hydroxylation sites is 2. The highest BCUT2D eigenvalue weighted by Crippen LogP contribution is 2.43. The largest absolute Gasteiger partial charge is 0.356 e. The Balaban J connectivity index is 1.39. The zero-order chi connectivity index (χ0) is 26.9. The summed E-state index contributed by atoms with van der Waals surface area (Å²) < 4.78 is 16.2. The van der Waals surface area contributed by atoms with Crippen molar-refractivity contribution in [3.63, 3.8) is 0 Å². The van der Waals surface area contributed by atoms with Crippen LogP contribution in [-0.2, 0) is 11.3 Å². The van der Waals surface area contributed by atoms with Crippen LogP contribution in [0.5, 0.6) is 0 Å². The highest BCUT2D eigenvalue weighted by Gasteiger charge is 2.43. The van der Waals surface area contributed by atoms with E-state index in [1.165, 1.54) is 12.5 Å². The first-order valence-corrected chi connectivity index (χ1v) is 14.7. The Bertz CT molecular complexity index is 1530. The molecule has 2 aliphatic rings. The minimum Gasteiger partial charge on any atom is -0.356 e. The lowest BCUT2D eigenvalue weighted by atomic mass is 9.85. The van der Waals surface area contributed by atoms with Crippen molar-refractivity contribution in [3.8, 4) is 0 Å². The molecule has 2 fully saturated rings. The molecule has 4 nitrogen and oxygen atoms in total. The summed E-state index contributed by atoms with van der Waals surface area (Å²) in [5, 5.41) is 4.74. The second-order valence-corrected chi connectivity index (χ2v) is 11.9. The first kappa shape index (κ1) is 25.8. The highest BCUT2D eigenvalue weighted by molar-refractivity contribution is 8.05. The molecule has 1 saturated carbocycles. The number of carbonyl (C=O) groups is 1. The number of carbonyl (C=O) groups excluding carboxylic acids is 1. The van der Waals surface area contributed by atoms with E-state index in [1.54, 1.807) is 23.9 Å². The third-order valence-corrected chi connectivity index (χ3v) is 9.32. The summed E-state index contributed by atoms with van der Waals surface area (Å²) in [4.78, 5) is 17.0. The van der Waals surface area contributed by atoms with Crippen molar-refractivity contribution in [2.24, 2.45) is 5.92 Å². The lowest BCUT2D eigenvalue weighted by molar-refractivity contribution is -0.129. The number of thioether (sulfide) groups is 1. The monoisotopic (exact) mass is 539 g/mol. The Kier molecular flexibility index (Phi) is 7.22. The average molecular weight is 540 g/mol. The van der Waals surface area contributed by atoms with Crippen molar-refractivity contribution in [1.82, 2.24) is 9.47 Å². The molecule has 200 valence electrons. The van der Waals surface area contributed by atoms with Crippen molar-refractivity contribution in [2.45, 2.75) is 57.6 Å². The molecule has 1 N–H and O–H groups in total. The minimum absolute atomic E-state index is 0.105. The molecule has 39 heavy (non-hydrogen) atoms. The van der Waals surface area contributed by atoms with E-state index in [-0.39, 0.29) is 23.3 Å². The summed E-state index contributed by atoms with van der Waals surface area (Å²) in [5.74, 6) is 0.345. The SMILES string of the molecule is Cc1c(/C=C2\SC(Nc3ccccc3)N([C@H]3CCCC[C@@H]3C)C2=O)c2ccccc2n1Cc1cccc(F)c1. The van der Waals surface area contributed by atoms with Gasteiger partial charge in [-0.05, 0) is 67.7 Å². The molecule has 1 unspecified atom stereocenters. The number of nitrogens with one attached hydrogen (secondary N) is 1. The van der Waals surface area contributed by atoms with Crippen LogP contribution in [0.3, 0.4) is 0 Å². The second-order valence-electron chi connectivity index (χ2n) is 10.8. The van der Waals surface area contributed by atoms with E-state index in [0.717, 1.165) is 57.6 Å². The number of amides is 1. The van der Waals surface area contributed by atoms with Gasteiger partial charge in [0.15, 0.2) is 5.50 Å². The van der Waals surface area contributed by atoms with Gasteiger partial charge < -0.3 is 14.8 Å². The Hall–Kier alpha value is -3.51. The normalized spacial score (nSPS) is 22.6. The molecule has 6 heteroatoms. The van der Waals surface area contributed by atoms with Crippen LogP contribution in [0.4, 0.5) is 10.1 Å². The number of anilines is 1. The van der Waals surface area contributed by atoms with E-state index >= 15 is 0 Å². The maximum absolute atomic E-state index is 14.1. The maximum atomic E-state index is 14.1. The molecular weight excluding hydrogens is 505 g/mol. The molecule has 1 amide bonds. The smallest absolute Gasteiger partial charge is 0.262 e. The summed E-state index contributed by atoms with van der Waals surface area (Å²) in [6.45, 7) is 4.95. The van der Waals surface area contributed by atoms with Crippen molar-refractivity contribution >= 4 is 40.3 Å². The van der Waals surface area contributed by atoms with Crippen molar-refractivity contribution in [1.29, 1.82) is 0 Å². The average Bonchev–Trinajstić information content (AvgIpc) is 3.38. The summed E-state index contributed by atoms with van der Waals surface area (Å²) in [5.41, 5.74) is 4.97. The van der Waals surface area contributed by atoms with Crippen molar-refractivity contribution < 1.29 is 9.18 Å². The molecule has 4 aromatic rings. The topological polar surface area (TPSA) is 37.3 Å². The number of hydrogen-bond donors (Lipinski definition) is 1. The number of benzene rings is 3.